The van der Waals surface area contributed by atoms with Crippen molar-refractivity contribution in [2.45, 2.75) is 69.9 Å². The zero-order chi connectivity index (χ0) is 16.5. The van der Waals surface area contributed by atoms with E-state index in [4.69, 9.17) is 0 Å². The molecule has 1 aliphatic carbocycles. The zero-order valence-electron chi connectivity index (χ0n) is 13.7. The first-order valence-electron chi connectivity index (χ1n) is 8.74. The van der Waals surface area contributed by atoms with E-state index in [2.05, 4.69) is 21.3 Å². The van der Waals surface area contributed by atoms with Gasteiger partial charge in [-0.3, -0.25) is 9.59 Å². The molecule has 1 heterocycles. The second kappa shape index (κ2) is 9.37. The van der Waals surface area contributed by atoms with E-state index >= 15 is 0 Å². The Labute approximate surface area is 137 Å². The summed E-state index contributed by atoms with van der Waals surface area (Å²) in [6.07, 6.45) is 7.92. The van der Waals surface area contributed by atoms with Crippen molar-refractivity contribution in [1.82, 2.24) is 21.3 Å². The maximum Gasteiger partial charge on any atom is 0.315 e. The standard InChI is InChI=1S/C16H28N4O3/c21-14-9-8-13(11-18-14)19-15(22)7-4-10-17-16(23)20-12-5-2-1-3-6-12/h12-13H,1-11H2,(H,18,21)(H,19,22)(H2,17,20,23). The highest BCUT2D eigenvalue weighted by Gasteiger charge is 2.19. The highest BCUT2D eigenvalue weighted by atomic mass is 16.2. The van der Waals surface area contributed by atoms with Gasteiger partial charge in [0.15, 0.2) is 0 Å². The number of rotatable bonds is 6. The zero-order valence-corrected chi connectivity index (χ0v) is 13.7. The molecule has 1 saturated heterocycles. The summed E-state index contributed by atoms with van der Waals surface area (Å²) in [6.45, 7) is 1.000. The highest BCUT2D eigenvalue weighted by Crippen LogP contribution is 2.17. The van der Waals surface area contributed by atoms with Crippen molar-refractivity contribution in [3.05, 3.63) is 0 Å². The van der Waals surface area contributed by atoms with Gasteiger partial charge in [0.2, 0.25) is 11.8 Å². The Balaban J connectivity index is 1.50. The van der Waals surface area contributed by atoms with Gasteiger partial charge in [-0.05, 0) is 25.7 Å². The van der Waals surface area contributed by atoms with Crippen LogP contribution in [0.1, 0.15) is 57.8 Å². The first-order chi connectivity index (χ1) is 11.1. The second-order valence-corrected chi connectivity index (χ2v) is 6.45. The summed E-state index contributed by atoms with van der Waals surface area (Å²) in [4.78, 5) is 34.6. The minimum absolute atomic E-state index is 0.0272. The first kappa shape index (κ1) is 17.6. The minimum Gasteiger partial charge on any atom is -0.354 e. The fourth-order valence-corrected chi connectivity index (χ4v) is 3.09. The summed E-state index contributed by atoms with van der Waals surface area (Å²) < 4.78 is 0. The normalized spacial score (nSPS) is 22.1. The number of piperidine rings is 1. The average Bonchev–Trinajstić information content (AvgIpc) is 2.55. The van der Waals surface area contributed by atoms with Crippen LogP contribution in [0.15, 0.2) is 0 Å². The third-order valence-corrected chi connectivity index (χ3v) is 4.44. The van der Waals surface area contributed by atoms with Gasteiger partial charge in [0.05, 0.1) is 0 Å². The molecule has 2 fully saturated rings. The summed E-state index contributed by atoms with van der Waals surface area (Å²) in [5.41, 5.74) is 0. The summed E-state index contributed by atoms with van der Waals surface area (Å²) >= 11 is 0. The Kier molecular flexibility index (Phi) is 7.16. The highest BCUT2D eigenvalue weighted by molar-refractivity contribution is 5.79. The predicted molar refractivity (Wildman–Crippen MR) is 86.8 cm³/mol. The molecule has 7 nitrogen and oxygen atoms in total. The van der Waals surface area contributed by atoms with E-state index in [1.807, 2.05) is 0 Å². The summed E-state index contributed by atoms with van der Waals surface area (Å²) in [5.74, 6) is 0.0179. The fraction of sp³-hybridized carbons (Fsp3) is 0.812. The van der Waals surface area contributed by atoms with Crippen LogP contribution in [0.5, 0.6) is 0 Å². The van der Waals surface area contributed by atoms with Gasteiger partial charge in [0.25, 0.3) is 0 Å². The number of hydrogen-bond acceptors (Lipinski definition) is 3. The molecule has 4 N–H and O–H groups in total. The van der Waals surface area contributed by atoms with E-state index in [0.717, 1.165) is 12.8 Å². The van der Waals surface area contributed by atoms with Gasteiger partial charge in [0, 0.05) is 38.0 Å². The molecule has 2 aliphatic rings. The maximum atomic E-state index is 11.8. The Bertz CT molecular complexity index is 412. The number of hydrogen-bond donors (Lipinski definition) is 4. The number of urea groups is 1. The summed E-state index contributed by atoms with van der Waals surface area (Å²) in [7, 11) is 0. The molecule has 1 saturated carbocycles. The first-order valence-corrected chi connectivity index (χ1v) is 8.74. The van der Waals surface area contributed by atoms with Crippen LogP contribution in [0.25, 0.3) is 0 Å². The molecule has 23 heavy (non-hydrogen) atoms. The molecule has 7 heteroatoms. The van der Waals surface area contributed by atoms with Crippen LogP contribution in [0.4, 0.5) is 4.79 Å². The second-order valence-electron chi connectivity index (χ2n) is 6.45. The van der Waals surface area contributed by atoms with Crippen molar-refractivity contribution >= 4 is 17.8 Å². The topological polar surface area (TPSA) is 99.3 Å². The molecule has 0 aromatic rings. The molecule has 0 aromatic carbocycles. The van der Waals surface area contributed by atoms with Crippen molar-refractivity contribution in [2.75, 3.05) is 13.1 Å². The number of amides is 4. The molecule has 130 valence electrons. The number of carbonyl (C=O) groups excluding carboxylic acids is 3. The monoisotopic (exact) mass is 324 g/mol. The van der Waals surface area contributed by atoms with Crippen LogP contribution >= 0.6 is 0 Å². The van der Waals surface area contributed by atoms with Gasteiger partial charge >= 0.3 is 6.03 Å². The Morgan fingerprint density at radius 3 is 2.52 bits per heavy atom. The lowest BCUT2D eigenvalue weighted by molar-refractivity contribution is -0.125. The number of carbonyl (C=O) groups is 3. The van der Waals surface area contributed by atoms with Crippen molar-refractivity contribution in [3.63, 3.8) is 0 Å². The smallest absolute Gasteiger partial charge is 0.315 e. The van der Waals surface area contributed by atoms with Crippen LogP contribution in [-0.2, 0) is 9.59 Å². The molecule has 2 rings (SSSR count). The average molecular weight is 324 g/mol. The quantitative estimate of drug-likeness (QED) is 0.544. The predicted octanol–water partition coefficient (Wildman–Crippen LogP) is 0.793. The van der Waals surface area contributed by atoms with Crippen LogP contribution in [0.2, 0.25) is 0 Å². The fourth-order valence-electron chi connectivity index (χ4n) is 3.09. The molecule has 0 bridgehead atoms. The van der Waals surface area contributed by atoms with Crippen LogP contribution in [0.3, 0.4) is 0 Å². The summed E-state index contributed by atoms with van der Waals surface area (Å²) in [5, 5.41) is 11.4. The lowest BCUT2D eigenvalue weighted by Gasteiger charge is -2.23. The van der Waals surface area contributed by atoms with Gasteiger partial charge < -0.3 is 21.3 Å². The minimum atomic E-state index is -0.132. The van der Waals surface area contributed by atoms with E-state index in [0.29, 0.717) is 44.8 Å². The molecular formula is C16H28N4O3. The largest absolute Gasteiger partial charge is 0.354 e. The molecular weight excluding hydrogens is 296 g/mol. The summed E-state index contributed by atoms with van der Waals surface area (Å²) in [6, 6.07) is 0.198. The SMILES string of the molecule is O=C1CCC(NC(=O)CCCNC(=O)NC2CCCCC2)CN1. The lowest BCUT2D eigenvalue weighted by Crippen LogP contribution is -2.47. The van der Waals surface area contributed by atoms with E-state index in [1.165, 1.54) is 19.3 Å². The van der Waals surface area contributed by atoms with E-state index < -0.39 is 0 Å². The third kappa shape index (κ3) is 6.88. The van der Waals surface area contributed by atoms with Crippen molar-refractivity contribution in [3.8, 4) is 0 Å². The van der Waals surface area contributed by atoms with Gasteiger partial charge in [-0.1, -0.05) is 19.3 Å². The maximum absolute atomic E-state index is 11.8. The van der Waals surface area contributed by atoms with Crippen molar-refractivity contribution in [2.24, 2.45) is 0 Å². The Morgan fingerprint density at radius 1 is 1.04 bits per heavy atom. The van der Waals surface area contributed by atoms with Crippen molar-refractivity contribution in [1.29, 1.82) is 0 Å². The molecule has 4 amide bonds. The van der Waals surface area contributed by atoms with Crippen molar-refractivity contribution < 1.29 is 14.4 Å². The molecule has 0 aromatic heterocycles. The van der Waals surface area contributed by atoms with Crippen LogP contribution < -0.4 is 21.3 Å². The van der Waals surface area contributed by atoms with E-state index in [1.54, 1.807) is 0 Å². The van der Waals surface area contributed by atoms with E-state index in [9.17, 15) is 14.4 Å². The van der Waals surface area contributed by atoms with Gasteiger partial charge in [0.1, 0.15) is 0 Å². The van der Waals surface area contributed by atoms with Gasteiger partial charge in [-0.2, -0.15) is 0 Å². The van der Waals surface area contributed by atoms with Crippen LogP contribution in [0, 0.1) is 0 Å². The third-order valence-electron chi connectivity index (χ3n) is 4.44. The number of nitrogens with one attached hydrogen (secondary N) is 4. The molecule has 1 atom stereocenters. The molecule has 1 aliphatic heterocycles. The Morgan fingerprint density at radius 2 is 1.83 bits per heavy atom. The molecule has 0 radical (unpaired) electrons. The molecule has 0 spiro atoms. The molecule has 1 unspecified atom stereocenters. The lowest BCUT2D eigenvalue weighted by atomic mass is 9.96. The Hall–Kier alpha value is -1.79. The van der Waals surface area contributed by atoms with Crippen LogP contribution in [-0.4, -0.2) is 43.0 Å². The van der Waals surface area contributed by atoms with E-state index in [-0.39, 0.29) is 23.9 Å². The van der Waals surface area contributed by atoms with Gasteiger partial charge in [-0.25, -0.2) is 4.79 Å². The van der Waals surface area contributed by atoms with Gasteiger partial charge in [-0.15, -0.1) is 0 Å².